The Morgan fingerprint density at radius 1 is 1.16 bits per heavy atom. The number of aliphatic hydroxyl groups is 1. The normalized spacial score (nSPS) is 22.8. The topological polar surface area (TPSA) is 76.1 Å². The van der Waals surface area contributed by atoms with E-state index in [9.17, 15) is 19.1 Å². The summed E-state index contributed by atoms with van der Waals surface area (Å²) in [5.74, 6) is -1.53. The van der Waals surface area contributed by atoms with Crippen molar-refractivity contribution in [2.45, 2.75) is 31.9 Å². The fraction of sp³-hybridized carbons (Fsp3) is 0.333. The lowest BCUT2D eigenvalue weighted by molar-refractivity contribution is -0.140. The minimum atomic E-state index is -0.823. The van der Waals surface area contributed by atoms with E-state index >= 15 is 0 Å². The number of ketones is 1. The number of halogens is 1. The molecular formula is C24H24FNO5. The van der Waals surface area contributed by atoms with Gasteiger partial charge in [-0.1, -0.05) is 12.1 Å². The first-order chi connectivity index (χ1) is 15.0. The van der Waals surface area contributed by atoms with Gasteiger partial charge in [0.1, 0.15) is 17.3 Å². The Morgan fingerprint density at radius 3 is 2.48 bits per heavy atom. The molecule has 2 atom stereocenters. The van der Waals surface area contributed by atoms with E-state index in [4.69, 9.17) is 9.47 Å². The Hall–Kier alpha value is -3.19. The average molecular weight is 425 g/mol. The lowest BCUT2D eigenvalue weighted by Gasteiger charge is -2.27. The van der Waals surface area contributed by atoms with Gasteiger partial charge in [-0.2, -0.15) is 0 Å². The predicted octanol–water partition coefficient (Wildman–Crippen LogP) is 3.83. The van der Waals surface area contributed by atoms with Crippen molar-refractivity contribution in [2.24, 2.45) is 0 Å². The van der Waals surface area contributed by atoms with E-state index in [0.717, 1.165) is 12.8 Å². The van der Waals surface area contributed by atoms with Gasteiger partial charge >= 0.3 is 0 Å². The quantitative estimate of drug-likeness (QED) is 0.433. The lowest BCUT2D eigenvalue weighted by Crippen LogP contribution is -2.36. The molecule has 7 heteroatoms. The Labute approximate surface area is 179 Å². The van der Waals surface area contributed by atoms with Gasteiger partial charge in [-0.3, -0.25) is 9.59 Å². The Bertz CT molecular complexity index is 994. The fourth-order valence-electron chi connectivity index (χ4n) is 4.10. The number of hydrogen-bond donors (Lipinski definition) is 1. The fourth-order valence-corrected chi connectivity index (χ4v) is 4.10. The number of ether oxygens (including phenoxy) is 2. The molecule has 2 saturated heterocycles. The third-order valence-corrected chi connectivity index (χ3v) is 5.59. The predicted molar refractivity (Wildman–Crippen MR) is 112 cm³/mol. The summed E-state index contributed by atoms with van der Waals surface area (Å²) in [5, 5.41) is 11.0. The first kappa shape index (κ1) is 21.1. The maximum absolute atomic E-state index is 13.5. The number of amides is 1. The standard InChI is InChI=1S/C24H24FNO5/c1-2-30-18-11-7-16(8-12-18)22(27)20-21(15-5-9-17(25)10-6-15)26(24(29)23(20)28)14-19-4-3-13-31-19/h5-12,19,21,27H,2-4,13-14H2,1H3/b22-20-. The van der Waals surface area contributed by atoms with Gasteiger partial charge in [0.25, 0.3) is 11.7 Å². The van der Waals surface area contributed by atoms with Crippen molar-refractivity contribution in [3.8, 4) is 5.75 Å². The van der Waals surface area contributed by atoms with Crippen molar-refractivity contribution >= 4 is 17.4 Å². The second-order valence-corrected chi connectivity index (χ2v) is 7.60. The van der Waals surface area contributed by atoms with Crippen LogP contribution in [-0.4, -0.2) is 47.6 Å². The zero-order valence-electron chi connectivity index (χ0n) is 17.2. The number of benzene rings is 2. The summed E-state index contributed by atoms with van der Waals surface area (Å²) in [6, 6.07) is 11.4. The molecule has 0 aromatic heterocycles. The van der Waals surface area contributed by atoms with Gasteiger partial charge in [-0.25, -0.2) is 4.39 Å². The second-order valence-electron chi connectivity index (χ2n) is 7.60. The number of carbonyl (C=O) groups is 2. The highest BCUT2D eigenvalue weighted by Gasteiger charge is 2.47. The van der Waals surface area contributed by atoms with E-state index in [1.807, 2.05) is 6.92 Å². The molecule has 2 aromatic rings. The second kappa shape index (κ2) is 8.89. The molecule has 0 bridgehead atoms. The molecule has 1 N–H and O–H groups in total. The van der Waals surface area contributed by atoms with Crippen LogP contribution in [-0.2, 0) is 14.3 Å². The molecule has 2 heterocycles. The van der Waals surface area contributed by atoms with E-state index in [-0.39, 0.29) is 24.0 Å². The van der Waals surface area contributed by atoms with Crippen molar-refractivity contribution in [2.75, 3.05) is 19.8 Å². The molecule has 0 saturated carbocycles. The number of nitrogens with zero attached hydrogens (tertiary/aromatic N) is 1. The molecule has 0 radical (unpaired) electrons. The van der Waals surface area contributed by atoms with Crippen molar-refractivity contribution in [3.05, 3.63) is 71.0 Å². The van der Waals surface area contributed by atoms with Crippen LogP contribution in [0.2, 0.25) is 0 Å². The first-order valence-corrected chi connectivity index (χ1v) is 10.4. The zero-order valence-corrected chi connectivity index (χ0v) is 17.2. The van der Waals surface area contributed by atoms with E-state index in [1.54, 1.807) is 24.3 Å². The van der Waals surface area contributed by atoms with Crippen LogP contribution in [0.15, 0.2) is 54.1 Å². The van der Waals surface area contributed by atoms with Crippen LogP contribution in [0.4, 0.5) is 4.39 Å². The molecule has 6 nitrogen and oxygen atoms in total. The Morgan fingerprint density at radius 2 is 1.87 bits per heavy atom. The van der Waals surface area contributed by atoms with Crippen LogP contribution in [0.1, 0.15) is 36.9 Å². The highest BCUT2D eigenvalue weighted by Crippen LogP contribution is 2.40. The van der Waals surface area contributed by atoms with Crippen LogP contribution >= 0.6 is 0 Å². The zero-order chi connectivity index (χ0) is 22.0. The minimum absolute atomic E-state index is 0.0150. The number of Topliss-reactive ketones (excluding diaryl/α,β-unsaturated/α-hetero) is 1. The van der Waals surface area contributed by atoms with Crippen molar-refractivity contribution in [3.63, 3.8) is 0 Å². The van der Waals surface area contributed by atoms with Gasteiger partial charge in [0, 0.05) is 18.7 Å². The molecular weight excluding hydrogens is 401 g/mol. The highest BCUT2D eigenvalue weighted by atomic mass is 19.1. The Balaban J connectivity index is 1.77. The van der Waals surface area contributed by atoms with E-state index < -0.39 is 23.5 Å². The van der Waals surface area contributed by atoms with E-state index in [2.05, 4.69) is 0 Å². The largest absolute Gasteiger partial charge is 0.507 e. The van der Waals surface area contributed by atoms with Gasteiger partial charge in [-0.05, 0) is 61.7 Å². The molecule has 31 heavy (non-hydrogen) atoms. The lowest BCUT2D eigenvalue weighted by atomic mass is 9.95. The van der Waals surface area contributed by atoms with Crippen molar-refractivity contribution in [1.29, 1.82) is 0 Å². The highest BCUT2D eigenvalue weighted by molar-refractivity contribution is 6.46. The van der Waals surface area contributed by atoms with Gasteiger partial charge < -0.3 is 19.5 Å². The molecule has 0 spiro atoms. The molecule has 4 rings (SSSR count). The summed E-state index contributed by atoms with van der Waals surface area (Å²) in [6.07, 6.45) is 1.51. The number of likely N-dealkylation sites (tertiary alicyclic amines) is 1. The van der Waals surface area contributed by atoms with E-state index in [1.165, 1.54) is 29.2 Å². The summed E-state index contributed by atoms with van der Waals surface area (Å²) < 4.78 is 24.6. The van der Waals surface area contributed by atoms with E-state index in [0.29, 0.717) is 30.1 Å². The minimum Gasteiger partial charge on any atom is -0.507 e. The summed E-state index contributed by atoms with van der Waals surface area (Å²) >= 11 is 0. The number of aliphatic hydroxyl groups excluding tert-OH is 1. The summed E-state index contributed by atoms with van der Waals surface area (Å²) in [6.45, 7) is 3.21. The molecule has 2 unspecified atom stereocenters. The Kier molecular flexibility index (Phi) is 6.04. The van der Waals surface area contributed by atoms with Crippen molar-refractivity contribution < 1.29 is 28.6 Å². The van der Waals surface area contributed by atoms with Crippen LogP contribution < -0.4 is 4.74 Å². The smallest absolute Gasteiger partial charge is 0.295 e. The molecule has 2 aromatic carbocycles. The molecule has 0 aliphatic carbocycles. The molecule has 2 aliphatic rings. The van der Waals surface area contributed by atoms with Crippen LogP contribution in [0, 0.1) is 5.82 Å². The first-order valence-electron chi connectivity index (χ1n) is 10.4. The van der Waals surface area contributed by atoms with Crippen molar-refractivity contribution in [1.82, 2.24) is 4.90 Å². The average Bonchev–Trinajstić information content (AvgIpc) is 3.37. The van der Waals surface area contributed by atoms with Crippen LogP contribution in [0.3, 0.4) is 0 Å². The van der Waals surface area contributed by atoms with Gasteiger partial charge in [0.05, 0.1) is 24.3 Å². The number of rotatable bonds is 6. The molecule has 1 amide bonds. The van der Waals surface area contributed by atoms with Crippen LogP contribution in [0.25, 0.3) is 5.76 Å². The molecule has 2 aliphatic heterocycles. The third-order valence-electron chi connectivity index (χ3n) is 5.59. The van der Waals surface area contributed by atoms with Gasteiger partial charge in [0.2, 0.25) is 0 Å². The summed E-state index contributed by atoms with van der Waals surface area (Å²) in [4.78, 5) is 27.3. The maximum Gasteiger partial charge on any atom is 0.295 e. The number of hydrogen-bond acceptors (Lipinski definition) is 5. The van der Waals surface area contributed by atoms with Crippen LogP contribution in [0.5, 0.6) is 5.75 Å². The summed E-state index contributed by atoms with van der Waals surface area (Å²) in [5.41, 5.74) is 0.926. The number of carbonyl (C=O) groups excluding carboxylic acids is 2. The SMILES string of the molecule is CCOc1ccc(/C(O)=C2/C(=O)C(=O)N(CC3CCCO3)C2c2ccc(F)cc2)cc1. The van der Waals surface area contributed by atoms with Gasteiger partial charge in [-0.15, -0.1) is 0 Å². The molecule has 2 fully saturated rings. The summed E-state index contributed by atoms with van der Waals surface area (Å²) in [7, 11) is 0. The third kappa shape index (κ3) is 4.18. The van der Waals surface area contributed by atoms with Gasteiger partial charge in [0.15, 0.2) is 0 Å². The molecule has 162 valence electrons. The maximum atomic E-state index is 13.5. The monoisotopic (exact) mass is 425 g/mol.